The van der Waals surface area contributed by atoms with Crippen molar-refractivity contribution in [2.45, 2.75) is 17.8 Å². The molecule has 0 aliphatic heterocycles. The van der Waals surface area contributed by atoms with Crippen LogP contribution in [-0.2, 0) is 0 Å². The van der Waals surface area contributed by atoms with Gasteiger partial charge in [-0.2, -0.15) is 0 Å². The normalized spacial score (nSPS) is 13.0. The predicted octanol–water partition coefficient (Wildman–Crippen LogP) is 2.08. The Hall–Kier alpha value is -0.540. The second kappa shape index (κ2) is 4.48. The van der Waals surface area contributed by atoms with Crippen molar-refractivity contribution in [3.63, 3.8) is 0 Å². The second-order valence-electron chi connectivity index (χ2n) is 2.36. The zero-order valence-electron chi connectivity index (χ0n) is 6.54. The van der Waals surface area contributed by atoms with Gasteiger partial charge in [-0.1, -0.05) is 0 Å². The Morgan fingerprint density at radius 1 is 1.50 bits per heavy atom. The number of aromatic nitrogens is 2. The third kappa shape index (κ3) is 2.83. The molecule has 0 aromatic carbocycles. The first-order chi connectivity index (χ1) is 5.70. The molecule has 0 saturated heterocycles. The lowest BCUT2D eigenvalue weighted by atomic mass is 10.4. The smallest absolute Gasteiger partial charge is 0.129 e. The molecule has 1 aromatic rings. The van der Waals surface area contributed by atoms with Crippen LogP contribution >= 0.6 is 23.2 Å². The standard InChI is InChI=1S/C7H9Cl2N3/c1-5(7(8)9)12-6-2-3-10-4-11-6/h2-5,7H,1H3,(H,10,11,12). The van der Waals surface area contributed by atoms with E-state index in [0.29, 0.717) is 0 Å². The van der Waals surface area contributed by atoms with Crippen molar-refractivity contribution in [2.24, 2.45) is 0 Å². The lowest BCUT2D eigenvalue weighted by Gasteiger charge is -2.14. The molecule has 1 heterocycles. The molecule has 0 aliphatic carbocycles. The van der Waals surface area contributed by atoms with Crippen molar-refractivity contribution in [3.05, 3.63) is 18.6 Å². The molecule has 0 spiro atoms. The minimum Gasteiger partial charge on any atom is -0.365 e. The fraction of sp³-hybridized carbons (Fsp3) is 0.429. The van der Waals surface area contributed by atoms with Crippen LogP contribution in [0.3, 0.4) is 0 Å². The summed E-state index contributed by atoms with van der Waals surface area (Å²) in [5, 5.41) is 3.03. The Morgan fingerprint density at radius 2 is 2.25 bits per heavy atom. The van der Waals surface area contributed by atoms with E-state index in [1.54, 1.807) is 12.3 Å². The summed E-state index contributed by atoms with van der Waals surface area (Å²) in [6, 6.07) is 1.73. The summed E-state index contributed by atoms with van der Waals surface area (Å²) in [6.45, 7) is 1.88. The molecule has 1 atom stereocenters. The maximum absolute atomic E-state index is 5.64. The average molecular weight is 206 g/mol. The Balaban J connectivity index is 2.53. The highest BCUT2D eigenvalue weighted by Gasteiger charge is 2.10. The van der Waals surface area contributed by atoms with Crippen molar-refractivity contribution in [2.75, 3.05) is 5.32 Å². The summed E-state index contributed by atoms with van der Waals surface area (Å²) in [6.07, 6.45) is 3.12. The van der Waals surface area contributed by atoms with Gasteiger partial charge in [0.05, 0.1) is 6.04 Å². The van der Waals surface area contributed by atoms with Crippen molar-refractivity contribution in [1.82, 2.24) is 9.97 Å². The van der Waals surface area contributed by atoms with E-state index in [1.165, 1.54) is 6.33 Å². The summed E-state index contributed by atoms with van der Waals surface area (Å²) in [7, 11) is 0. The van der Waals surface area contributed by atoms with Crippen LogP contribution in [0.5, 0.6) is 0 Å². The van der Waals surface area contributed by atoms with E-state index >= 15 is 0 Å². The molecule has 0 radical (unpaired) electrons. The zero-order valence-corrected chi connectivity index (χ0v) is 8.05. The molecule has 1 aromatic heterocycles. The molecule has 12 heavy (non-hydrogen) atoms. The van der Waals surface area contributed by atoms with Crippen LogP contribution in [0.15, 0.2) is 18.6 Å². The summed E-state index contributed by atoms with van der Waals surface area (Å²) in [5.41, 5.74) is 0. The van der Waals surface area contributed by atoms with Crippen LogP contribution in [-0.4, -0.2) is 20.8 Å². The quantitative estimate of drug-likeness (QED) is 0.769. The van der Waals surface area contributed by atoms with Gasteiger partial charge >= 0.3 is 0 Å². The van der Waals surface area contributed by atoms with Gasteiger partial charge in [-0.3, -0.25) is 0 Å². The van der Waals surface area contributed by atoms with Gasteiger partial charge in [0.25, 0.3) is 0 Å². The fourth-order valence-corrected chi connectivity index (χ4v) is 0.798. The molecular formula is C7H9Cl2N3. The molecule has 0 aliphatic rings. The summed E-state index contributed by atoms with van der Waals surface area (Å²) in [5.74, 6) is 0.726. The number of anilines is 1. The molecule has 66 valence electrons. The molecule has 0 amide bonds. The topological polar surface area (TPSA) is 37.8 Å². The minimum atomic E-state index is -0.444. The van der Waals surface area contributed by atoms with Gasteiger partial charge in [0.1, 0.15) is 17.0 Å². The number of alkyl halides is 2. The second-order valence-corrected chi connectivity index (χ2v) is 3.53. The highest BCUT2D eigenvalue weighted by atomic mass is 35.5. The van der Waals surface area contributed by atoms with Crippen LogP contribution < -0.4 is 5.32 Å². The maximum atomic E-state index is 5.64. The van der Waals surface area contributed by atoms with E-state index in [-0.39, 0.29) is 6.04 Å². The van der Waals surface area contributed by atoms with E-state index in [9.17, 15) is 0 Å². The Bertz CT molecular complexity index is 227. The Morgan fingerprint density at radius 3 is 2.75 bits per heavy atom. The number of nitrogens with zero attached hydrogens (tertiary/aromatic N) is 2. The van der Waals surface area contributed by atoms with Gasteiger partial charge in [0, 0.05) is 6.20 Å². The first-order valence-corrected chi connectivity index (χ1v) is 4.38. The van der Waals surface area contributed by atoms with E-state index in [1.807, 2.05) is 6.92 Å². The average Bonchev–Trinajstić information content (AvgIpc) is 2.06. The van der Waals surface area contributed by atoms with Crippen LogP contribution in [0.4, 0.5) is 5.82 Å². The monoisotopic (exact) mass is 205 g/mol. The van der Waals surface area contributed by atoms with Crippen LogP contribution in [0.2, 0.25) is 0 Å². The third-order valence-corrected chi connectivity index (χ3v) is 2.09. The first-order valence-electron chi connectivity index (χ1n) is 3.51. The fourth-order valence-electron chi connectivity index (χ4n) is 0.672. The molecule has 1 unspecified atom stereocenters. The van der Waals surface area contributed by atoms with Gasteiger partial charge < -0.3 is 5.32 Å². The molecule has 1 rings (SSSR count). The number of hydrogen-bond donors (Lipinski definition) is 1. The van der Waals surface area contributed by atoms with Crippen molar-refractivity contribution >= 4 is 29.0 Å². The third-order valence-electron chi connectivity index (χ3n) is 1.34. The van der Waals surface area contributed by atoms with Crippen LogP contribution in [0.1, 0.15) is 6.92 Å². The highest BCUT2D eigenvalue weighted by molar-refractivity contribution is 6.44. The molecule has 5 heteroatoms. The highest BCUT2D eigenvalue weighted by Crippen LogP contribution is 2.11. The zero-order chi connectivity index (χ0) is 8.97. The molecule has 3 nitrogen and oxygen atoms in total. The van der Waals surface area contributed by atoms with Crippen LogP contribution in [0, 0.1) is 0 Å². The largest absolute Gasteiger partial charge is 0.365 e. The predicted molar refractivity (Wildman–Crippen MR) is 50.6 cm³/mol. The van der Waals surface area contributed by atoms with E-state index in [4.69, 9.17) is 23.2 Å². The van der Waals surface area contributed by atoms with Gasteiger partial charge in [-0.25, -0.2) is 9.97 Å². The van der Waals surface area contributed by atoms with Crippen molar-refractivity contribution in [1.29, 1.82) is 0 Å². The number of rotatable bonds is 3. The first kappa shape index (κ1) is 9.55. The van der Waals surface area contributed by atoms with Gasteiger partial charge in [-0.05, 0) is 13.0 Å². The van der Waals surface area contributed by atoms with Gasteiger partial charge in [-0.15, -0.1) is 23.2 Å². The molecule has 0 saturated carbocycles. The SMILES string of the molecule is CC(Nc1ccncn1)C(Cl)Cl. The summed E-state index contributed by atoms with van der Waals surface area (Å²) < 4.78 is 0. The van der Waals surface area contributed by atoms with Gasteiger partial charge in [0.2, 0.25) is 0 Å². The Labute approximate surface area is 81.1 Å². The lowest BCUT2D eigenvalue weighted by molar-refractivity contribution is 0.855. The maximum Gasteiger partial charge on any atom is 0.129 e. The van der Waals surface area contributed by atoms with Gasteiger partial charge in [0.15, 0.2) is 0 Å². The van der Waals surface area contributed by atoms with E-state index in [2.05, 4.69) is 15.3 Å². The minimum absolute atomic E-state index is 0.0248. The Kier molecular flexibility index (Phi) is 3.56. The molecular weight excluding hydrogens is 197 g/mol. The lowest BCUT2D eigenvalue weighted by Crippen LogP contribution is -2.22. The number of halogens is 2. The summed E-state index contributed by atoms with van der Waals surface area (Å²) >= 11 is 11.3. The van der Waals surface area contributed by atoms with E-state index < -0.39 is 4.84 Å². The molecule has 0 fully saturated rings. The summed E-state index contributed by atoms with van der Waals surface area (Å²) in [4.78, 5) is 7.30. The molecule has 0 bridgehead atoms. The van der Waals surface area contributed by atoms with Crippen molar-refractivity contribution in [3.8, 4) is 0 Å². The molecule has 1 N–H and O–H groups in total. The number of nitrogens with one attached hydrogen (secondary N) is 1. The van der Waals surface area contributed by atoms with Crippen molar-refractivity contribution < 1.29 is 0 Å². The van der Waals surface area contributed by atoms with Crippen LogP contribution in [0.25, 0.3) is 0 Å². The number of hydrogen-bond acceptors (Lipinski definition) is 3. The van der Waals surface area contributed by atoms with E-state index in [0.717, 1.165) is 5.82 Å².